The van der Waals surface area contributed by atoms with Gasteiger partial charge in [0, 0.05) is 12.5 Å². The molecule has 7 heteroatoms. The van der Waals surface area contributed by atoms with E-state index in [9.17, 15) is 14.4 Å². The molecule has 3 rings (SSSR count). The Kier molecular flexibility index (Phi) is 4.30. The summed E-state index contributed by atoms with van der Waals surface area (Å²) in [7, 11) is 1.30. The molecule has 0 fully saturated rings. The number of hydrogen-bond acceptors (Lipinski definition) is 6. The molecule has 7 nitrogen and oxygen atoms in total. The minimum absolute atomic E-state index is 0.271. The summed E-state index contributed by atoms with van der Waals surface area (Å²) in [6.45, 7) is 1.28. The normalized spacial score (nSPS) is 10.5. The van der Waals surface area contributed by atoms with Crippen LogP contribution in [-0.2, 0) is 9.53 Å². The average molecular weight is 338 g/mol. The van der Waals surface area contributed by atoms with E-state index in [2.05, 4.69) is 9.97 Å². The standard InChI is InChI=1S/C18H14N2O5/c1-10(21)25-13-6-7-15-14(9-13)17(22)20-16(19-15)11-4-3-5-12(8-11)18(23)24-2/h3-9H,1-2H3,(H,19,20,22). The molecule has 0 saturated heterocycles. The SMILES string of the molecule is COC(=O)c1cccc(-c2nc3ccc(OC(C)=O)cc3c(=O)[nH]2)c1. The monoisotopic (exact) mass is 338 g/mol. The topological polar surface area (TPSA) is 98.3 Å². The fourth-order valence-corrected chi connectivity index (χ4v) is 2.40. The molecule has 0 amide bonds. The van der Waals surface area contributed by atoms with Crippen molar-refractivity contribution < 1.29 is 19.1 Å². The van der Waals surface area contributed by atoms with Crippen molar-refractivity contribution in [3.8, 4) is 17.1 Å². The van der Waals surface area contributed by atoms with Crippen LogP contribution in [0.25, 0.3) is 22.3 Å². The molecule has 0 spiro atoms. The van der Waals surface area contributed by atoms with E-state index in [1.54, 1.807) is 36.4 Å². The molecule has 0 aliphatic heterocycles. The van der Waals surface area contributed by atoms with Gasteiger partial charge in [-0.3, -0.25) is 9.59 Å². The molecule has 0 aliphatic carbocycles. The smallest absolute Gasteiger partial charge is 0.337 e. The highest BCUT2D eigenvalue weighted by molar-refractivity contribution is 5.91. The van der Waals surface area contributed by atoms with Crippen LogP contribution in [0.1, 0.15) is 17.3 Å². The number of aromatic nitrogens is 2. The second-order valence-corrected chi connectivity index (χ2v) is 5.26. The molecule has 25 heavy (non-hydrogen) atoms. The van der Waals surface area contributed by atoms with E-state index < -0.39 is 11.9 Å². The highest BCUT2D eigenvalue weighted by Gasteiger charge is 2.11. The minimum Gasteiger partial charge on any atom is -0.465 e. The first-order chi connectivity index (χ1) is 12.0. The summed E-state index contributed by atoms with van der Waals surface area (Å²) < 4.78 is 9.67. The molecule has 0 unspecified atom stereocenters. The van der Waals surface area contributed by atoms with Crippen LogP contribution in [0.15, 0.2) is 47.3 Å². The van der Waals surface area contributed by atoms with Gasteiger partial charge < -0.3 is 14.5 Å². The number of fused-ring (bicyclic) bond motifs is 1. The summed E-state index contributed by atoms with van der Waals surface area (Å²) in [5.74, 6) is -0.354. The van der Waals surface area contributed by atoms with Gasteiger partial charge in [0.2, 0.25) is 0 Å². The van der Waals surface area contributed by atoms with Crippen LogP contribution in [-0.4, -0.2) is 29.0 Å². The van der Waals surface area contributed by atoms with Gasteiger partial charge in [0.25, 0.3) is 5.56 Å². The molecule has 1 aromatic heterocycles. The molecule has 0 saturated carbocycles. The van der Waals surface area contributed by atoms with Crippen LogP contribution in [0.5, 0.6) is 5.75 Å². The van der Waals surface area contributed by atoms with Gasteiger partial charge in [-0.2, -0.15) is 0 Å². The largest absolute Gasteiger partial charge is 0.465 e. The molecule has 0 aliphatic rings. The van der Waals surface area contributed by atoms with E-state index >= 15 is 0 Å². The van der Waals surface area contributed by atoms with Crippen molar-refractivity contribution in [1.82, 2.24) is 9.97 Å². The molecular formula is C18H14N2O5. The highest BCUT2D eigenvalue weighted by atomic mass is 16.5. The Bertz CT molecular complexity index is 1040. The van der Waals surface area contributed by atoms with Gasteiger partial charge in [-0.05, 0) is 30.3 Å². The van der Waals surface area contributed by atoms with Crippen molar-refractivity contribution in [3.05, 3.63) is 58.4 Å². The molecule has 0 radical (unpaired) electrons. The zero-order valence-corrected chi connectivity index (χ0v) is 13.5. The van der Waals surface area contributed by atoms with E-state index in [-0.39, 0.29) is 11.3 Å². The maximum absolute atomic E-state index is 12.4. The Balaban J connectivity index is 2.08. The maximum Gasteiger partial charge on any atom is 0.337 e. The van der Waals surface area contributed by atoms with Gasteiger partial charge in [0.05, 0.1) is 23.6 Å². The maximum atomic E-state index is 12.4. The van der Waals surface area contributed by atoms with Crippen LogP contribution in [0, 0.1) is 0 Å². The lowest BCUT2D eigenvalue weighted by molar-refractivity contribution is -0.131. The number of carbonyl (C=O) groups excluding carboxylic acids is 2. The predicted molar refractivity (Wildman–Crippen MR) is 90.4 cm³/mol. The predicted octanol–water partition coefficient (Wildman–Crippen LogP) is 2.30. The van der Waals surface area contributed by atoms with E-state index in [0.29, 0.717) is 27.9 Å². The van der Waals surface area contributed by atoms with Gasteiger partial charge in [0.1, 0.15) is 11.6 Å². The third-order valence-corrected chi connectivity index (χ3v) is 3.50. The first-order valence-electron chi connectivity index (χ1n) is 7.39. The number of hydrogen-bond donors (Lipinski definition) is 1. The van der Waals surface area contributed by atoms with Gasteiger partial charge in [0.15, 0.2) is 0 Å². The van der Waals surface area contributed by atoms with Crippen LogP contribution < -0.4 is 10.3 Å². The molecule has 1 heterocycles. The fraction of sp³-hybridized carbons (Fsp3) is 0.111. The molecule has 2 aromatic carbocycles. The van der Waals surface area contributed by atoms with Crippen molar-refractivity contribution in [2.75, 3.05) is 7.11 Å². The van der Waals surface area contributed by atoms with Crippen LogP contribution in [0.3, 0.4) is 0 Å². The number of rotatable bonds is 3. The number of nitrogens with one attached hydrogen (secondary N) is 1. The Morgan fingerprint density at radius 2 is 1.92 bits per heavy atom. The van der Waals surface area contributed by atoms with Gasteiger partial charge in [-0.1, -0.05) is 12.1 Å². The van der Waals surface area contributed by atoms with Gasteiger partial charge in [-0.15, -0.1) is 0 Å². The van der Waals surface area contributed by atoms with Gasteiger partial charge >= 0.3 is 11.9 Å². The molecular weight excluding hydrogens is 324 g/mol. The zero-order valence-electron chi connectivity index (χ0n) is 13.5. The zero-order chi connectivity index (χ0) is 18.0. The van der Waals surface area contributed by atoms with Crippen molar-refractivity contribution in [2.45, 2.75) is 6.92 Å². The summed E-state index contributed by atoms with van der Waals surface area (Å²) in [4.78, 5) is 42.1. The number of nitrogens with zero attached hydrogens (tertiary/aromatic N) is 1. The van der Waals surface area contributed by atoms with Crippen LogP contribution in [0.4, 0.5) is 0 Å². The summed E-state index contributed by atoms with van der Waals surface area (Å²) in [6.07, 6.45) is 0. The number of methoxy groups -OCH3 is 1. The number of carbonyl (C=O) groups is 2. The summed E-state index contributed by atoms with van der Waals surface area (Å²) in [6, 6.07) is 11.2. The summed E-state index contributed by atoms with van der Waals surface area (Å²) >= 11 is 0. The van der Waals surface area contributed by atoms with E-state index in [1.165, 1.54) is 20.1 Å². The molecule has 0 bridgehead atoms. The van der Waals surface area contributed by atoms with E-state index in [4.69, 9.17) is 9.47 Å². The lowest BCUT2D eigenvalue weighted by atomic mass is 10.1. The lowest BCUT2D eigenvalue weighted by Crippen LogP contribution is -2.10. The first-order valence-corrected chi connectivity index (χ1v) is 7.39. The van der Waals surface area contributed by atoms with E-state index in [1.807, 2.05) is 0 Å². The van der Waals surface area contributed by atoms with Crippen molar-refractivity contribution in [3.63, 3.8) is 0 Å². The molecule has 3 aromatic rings. The molecule has 0 atom stereocenters. The highest BCUT2D eigenvalue weighted by Crippen LogP contribution is 2.21. The number of H-pyrrole nitrogens is 1. The second-order valence-electron chi connectivity index (χ2n) is 5.26. The molecule has 126 valence electrons. The number of aromatic amines is 1. The Labute approximate surface area is 142 Å². The van der Waals surface area contributed by atoms with Crippen molar-refractivity contribution >= 4 is 22.8 Å². The van der Waals surface area contributed by atoms with Crippen LogP contribution >= 0.6 is 0 Å². The third-order valence-electron chi connectivity index (χ3n) is 3.50. The van der Waals surface area contributed by atoms with Gasteiger partial charge in [-0.25, -0.2) is 9.78 Å². The Morgan fingerprint density at radius 3 is 2.64 bits per heavy atom. The van der Waals surface area contributed by atoms with E-state index in [0.717, 1.165) is 0 Å². The fourth-order valence-electron chi connectivity index (χ4n) is 2.40. The minimum atomic E-state index is -0.476. The van der Waals surface area contributed by atoms with Crippen LogP contribution in [0.2, 0.25) is 0 Å². The number of benzene rings is 2. The molecule has 1 N–H and O–H groups in total. The second kappa shape index (κ2) is 6.56. The lowest BCUT2D eigenvalue weighted by Gasteiger charge is -2.06. The summed E-state index contributed by atoms with van der Waals surface area (Å²) in [5, 5.41) is 0.298. The quantitative estimate of drug-likeness (QED) is 0.581. The number of esters is 2. The van der Waals surface area contributed by atoms with Crippen molar-refractivity contribution in [2.24, 2.45) is 0 Å². The Hall–Kier alpha value is -3.48. The Morgan fingerprint density at radius 1 is 1.12 bits per heavy atom. The van der Waals surface area contributed by atoms with Crippen molar-refractivity contribution in [1.29, 1.82) is 0 Å². The number of ether oxygens (including phenoxy) is 2. The first kappa shape index (κ1) is 16.4. The average Bonchev–Trinajstić information content (AvgIpc) is 2.61. The summed E-state index contributed by atoms with van der Waals surface area (Å²) in [5.41, 5.74) is 0.995. The third kappa shape index (κ3) is 3.40.